The van der Waals surface area contributed by atoms with Crippen molar-refractivity contribution < 1.29 is 33.4 Å². The Morgan fingerprint density at radius 3 is 1.36 bits per heavy atom. The standard InChI is InChI=1S/C12H11ClO4.C7H5ClO.C5H8O2/c1-16-11(14)10(12(15)17-2)7-8-3-5-9(13)6-4-8;8-7-3-1-6(5-9)2-4-7;1-4(6)3-5(2)7/h3-7H,1-2H3;1-5H;3H2,1-2H3. The molecule has 0 fully saturated rings. The van der Waals surface area contributed by atoms with Gasteiger partial charge in [0.2, 0.25) is 0 Å². The quantitative estimate of drug-likeness (QED) is 0.187. The summed E-state index contributed by atoms with van der Waals surface area (Å²) in [6.45, 7) is 2.81. The molecule has 176 valence electrons. The maximum absolute atomic E-state index is 11.4. The maximum atomic E-state index is 11.4. The summed E-state index contributed by atoms with van der Waals surface area (Å²) < 4.78 is 8.99. The van der Waals surface area contributed by atoms with Crippen LogP contribution in [0.1, 0.15) is 36.2 Å². The summed E-state index contributed by atoms with van der Waals surface area (Å²) in [4.78, 5) is 52.9. The average Bonchev–Trinajstić information content (AvgIpc) is 2.78. The molecule has 0 saturated carbocycles. The van der Waals surface area contributed by atoms with Gasteiger partial charge in [-0.15, -0.1) is 0 Å². The number of halogens is 2. The van der Waals surface area contributed by atoms with Gasteiger partial charge in [0.05, 0.1) is 20.6 Å². The molecule has 0 aliphatic rings. The van der Waals surface area contributed by atoms with E-state index in [1.54, 1.807) is 48.5 Å². The Labute approximate surface area is 202 Å². The number of benzene rings is 2. The highest BCUT2D eigenvalue weighted by Crippen LogP contribution is 2.14. The second-order valence-electron chi connectivity index (χ2n) is 6.34. The summed E-state index contributed by atoms with van der Waals surface area (Å²) >= 11 is 11.3. The van der Waals surface area contributed by atoms with Crippen molar-refractivity contribution in [3.8, 4) is 0 Å². The molecule has 9 heteroatoms. The van der Waals surface area contributed by atoms with Crippen LogP contribution in [-0.4, -0.2) is 44.0 Å². The van der Waals surface area contributed by atoms with E-state index in [2.05, 4.69) is 9.47 Å². The fourth-order valence-corrected chi connectivity index (χ4v) is 2.29. The van der Waals surface area contributed by atoms with Gasteiger partial charge < -0.3 is 9.47 Å². The summed E-state index contributed by atoms with van der Waals surface area (Å²) in [7, 11) is 2.39. The molecule has 0 radical (unpaired) electrons. The number of hydrogen-bond acceptors (Lipinski definition) is 7. The molecule has 2 aromatic rings. The molecular weight excluding hydrogens is 471 g/mol. The van der Waals surface area contributed by atoms with Gasteiger partial charge in [-0.1, -0.05) is 47.5 Å². The van der Waals surface area contributed by atoms with Crippen LogP contribution in [0.3, 0.4) is 0 Å². The van der Waals surface area contributed by atoms with Crippen LogP contribution in [0.25, 0.3) is 6.08 Å². The molecule has 0 bridgehead atoms. The Hall–Kier alpha value is -3.29. The topological polar surface area (TPSA) is 104 Å². The second-order valence-corrected chi connectivity index (χ2v) is 7.22. The number of methoxy groups -OCH3 is 2. The van der Waals surface area contributed by atoms with Crippen LogP contribution >= 0.6 is 23.2 Å². The van der Waals surface area contributed by atoms with Crippen molar-refractivity contribution in [3.63, 3.8) is 0 Å². The van der Waals surface area contributed by atoms with Gasteiger partial charge >= 0.3 is 11.9 Å². The van der Waals surface area contributed by atoms with Crippen LogP contribution in [0, 0.1) is 0 Å². The molecule has 2 rings (SSSR count). The lowest BCUT2D eigenvalue weighted by molar-refractivity contribution is -0.144. The Kier molecular flexibility index (Phi) is 14.7. The number of carbonyl (C=O) groups excluding carboxylic acids is 5. The van der Waals surface area contributed by atoms with Gasteiger partial charge in [0.15, 0.2) is 0 Å². The lowest BCUT2D eigenvalue weighted by atomic mass is 10.1. The van der Waals surface area contributed by atoms with Crippen LogP contribution in [0.5, 0.6) is 0 Å². The SMILES string of the molecule is CC(=O)CC(C)=O.COC(=O)C(=Cc1ccc(Cl)cc1)C(=O)OC.O=Cc1ccc(Cl)cc1. The number of carbonyl (C=O) groups is 5. The van der Waals surface area contributed by atoms with Crippen LogP contribution in [0.4, 0.5) is 0 Å². The van der Waals surface area contributed by atoms with Crippen molar-refractivity contribution in [3.05, 3.63) is 75.3 Å². The maximum Gasteiger partial charge on any atom is 0.345 e. The number of hydrogen-bond donors (Lipinski definition) is 0. The van der Waals surface area contributed by atoms with E-state index in [9.17, 15) is 24.0 Å². The second kappa shape index (κ2) is 16.4. The molecule has 0 aromatic heterocycles. The van der Waals surface area contributed by atoms with Crippen LogP contribution < -0.4 is 0 Å². The van der Waals surface area contributed by atoms with E-state index >= 15 is 0 Å². The fraction of sp³-hybridized carbons (Fsp3) is 0.208. The largest absolute Gasteiger partial charge is 0.465 e. The van der Waals surface area contributed by atoms with Gasteiger partial charge in [-0.3, -0.25) is 14.4 Å². The summed E-state index contributed by atoms with van der Waals surface area (Å²) in [5.74, 6) is -1.61. The van der Waals surface area contributed by atoms with Crippen molar-refractivity contribution in [2.24, 2.45) is 0 Å². The first-order chi connectivity index (χ1) is 15.5. The number of aldehydes is 1. The molecule has 0 spiro atoms. The monoisotopic (exact) mass is 494 g/mol. The molecular formula is C24H24Cl2O7. The predicted octanol–water partition coefficient (Wildman–Crippen LogP) is 4.78. The third kappa shape index (κ3) is 13.7. The number of ketones is 2. The van der Waals surface area contributed by atoms with Crippen molar-refractivity contribution in [1.29, 1.82) is 0 Å². The highest BCUT2D eigenvalue weighted by Gasteiger charge is 2.19. The summed E-state index contributed by atoms with van der Waals surface area (Å²) in [5, 5.41) is 1.22. The Morgan fingerprint density at radius 2 is 1.09 bits per heavy atom. The van der Waals surface area contributed by atoms with E-state index in [0.717, 1.165) is 6.29 Å². The first-order valence-electron chi connectivity index (χ1n) is 9.37. The zero-order chi connectivity index (χ0) is 25.4. The van der Waals surface area contributed by atoms with Gasteiger partial charge in [0.25, 0.3) is 0 Å². The highest BCUT2D eigenvalue weighted by atomic mass is 35.5. The van der Waals surface area contributed by atoms with E-state index in [-0.39, 0.29) is 23.6 Å². The molecule has 0 aliphatic carbocycles. The highest BCUT2D eigenvalue weighted by molar-refractivity contribution is 6.30. The van der Waals surface area contributed by atoms with Gasteiger partial charge in [-0.05, 0) is 49.8 Å². The molecule has 7 nitrogen and oxygen atoms in total. The fourth-order valence-electron chi connectivity index (χ4n) is 2.04. The first kappa shape index (κ1) is 29.7. The Balaban J connectivity index is 0.000000534. The molecule has 0 aliphatic heterocycles. The van der Waals surface area contributed by atoms with Crippen molar-refractivity contribution in [2.45, 2.75) is 20.3 Å². The van der Waals surface area contributed by atoms with Gasteiger partial charge in [0.1, 0.15) is 23.4 Å². The lowest BCUT2D eigenvalue weighted by Gasteiger charge is -2.03. The zero-order valence-corrected chi connectivity index (χ0v) is 20.1. The Bertz CT molecular complexity index is 949. The van der Waals surface area contributed by atoms with E-state index in [4.69, 9.17) is 23.2 Å². The minimum atomic E-state index is -0.744. The predicted molar refractivity (Wildman–Crippen MR) is 126 cm³/mol. The number of Topliss-reactive ketones (excluding diaryl/α,β-unsaturated/α-hetero) is 2. The zero-order valence-electron chi connectivity index (χ0n) is 18.6. The van der Waals surface area contributed by atoms with E-state index in [0.29, 0.717) is 21.2 Å². The number of esters is 2. The van der Waals surface area contributed by atoms with E-state index < -0.39 is 11.9 Å². The summed E-state index contributed by atoms with van der Waals surface area (Å²) in [6.07, 6.45) is 2.25. The number of rotatable bonds is 6. The van der Waals surface area contributed by atoms with Crippen molar-refractivity contribution in [2.75, 3.05) is 14.2 Å². The normalized spacial score (nSPS) is 9.03. The Morgan fingerprint density at radius 1 is 0.727 bits per heavy atom. The average molecular weight is 495 g/mol. The number of ether oxygens (including phenoxy) is 2. The van der Waals surface area contributed by atoms with Crippen molar-refractivity contribution >= 4 is 59.1 Å². The van der Waals surface area contributed by atoms with E-state index in [1.165, 1.54) is 34.1 Å². The third-order valence-electron chi connectivity index (χ3n) is 3.50. The van der Waals surface area contributed by atoms with E-state index in [1.807, 2.05) is 0 Å². The first-order valence-corrected chi connectivity index (χ1v) is 10.1. The molecule has 33 heavy (non-hydrogen) atoms. The molecule has 0 saturated heterocycles. The molecule has 0 heterocycles. The third-order valence-corrected chi connectivity index (χ3v) is 4.00. The van der Waals surface area contributed by atoms with Gasteiger partial charge in [0, 0.05) is 15.6 Å². The van der Waals surface area contributed by atoms with Crippen LogP contribution in [0.2, 0.25) is 10.0 Å². The van der Waals surface area contributed by atoms with Crippen molar-refractivity contribution in [1.82, 2.24) is 0 Å². The molecule has 2 aromatic carbocycles. The minimum Gasteiger partial charge on any atom is -0.465 e. The molecule has 0 amide bonds. The minimum absolute atomic E-state index is 0.0625. The molecule has 0 atom stereocenters. The molecule has 0 unspecified atom stereocenters. The lowest BCUT2D eigenvalue weighted by Crippen LogP contribution is -2.15. The molecule has 0 N–H and O–H groups in total. The summed E-state index contributed by atoms with van der Waals surface area (Å²) in [5.41, 5.74) is 1.14. The smallest absolute Gasteiger partial charge is 0.345 e. The van der Waals surface area contributed by atoms with Crippen LogP contribution in [-0.2, 0) is 28.7 Å². The van der Waals surface area contributed by atoms with Gasteiger partial charge in [-0.2, -0.15) is 0 Å². The summed E-state index contributed by atoms with van der Waals surface area (Å²) in [6, 6.07) is 13.4. The van der Waals surface area contributed by atoms with Gasteiger partial charge in [-0.25, -0.2) is 9.59 Å². The van der Waals surface area contributed by atoms with Crippen LogP contribution in [0.15, 0.2) is 54.1 Å².